The summed E-state index contributed by atoms with van der Waals surface area (Å²) in [4.78, 5) is 16.2. The minimum absolute atomic E-state index is 0.214. The summed E-state index contributed by atoms with van der Waals surface area (Å²) in [5, 5.41) is 3.24. The molecule has 0 amide bonds. The molecule has 1 aromatic heterocycles. The van der Waals surface area contributed by atoms with Crippen LogP contribution in [0, 0.1) is 0 Å². The molecule has 0 aromatic carbocycles. The smallest absolute Gasteiger partial charge is 0.329 e. The van der Waals surface area contributed by atoms with E-state index < -0.39 is 6.04 Å². The Labute approximate surface area is 108 Å². The van der Waals surface area contributed by atoms with Crippen molar-refractivity contribution in [2.24, 2.45) is 0 Å². The molecule has 1 aliphatic carbocycles. The average Bonchev–Trinajstić information content (AvgIpc) is 3.10. The maximum absolute atomic E-state index is 12.0. The maximum Gasteiger partial charge on any atom is 0.329 e. The monoisotopic (exact) mass is 251 g/mol. The van der Waals surface area contributed by atoms with E-state index >= 15 is 0 Å². The molecule has 100 valence electrons. The van der Waals surface area contributed by atoms with E-state index in [1.807, 2.05) is 13.3 Å². The van der Waals surface area contributed by atoms with Crippen molar-refractivity contribution in [1.29, 1.82) is 0 Å². The molecule has 0 aliphatic heterocycles. The topological polar surface area (TPSA) is 56.1 Å². The van der Waals surface area contributed by atoms with Crippen LogP contribution in [0.15, 0.2) is 12.5 Å². The number of esters is 1. The van der Waals surface area contributed by atoms with Crippen LogP contribution in [-0.2, 0) is 9.53 Å². The second kappa shape index (κ2) is 6.00. The van der Waals surface area contributed by atoms with Gasteiger partial charge in [0.05, 0.1) is 24.8 Å². The Bertz CT molecular complexity index is 399. The van der Waals surface area contributed by atoms with Crippen molar-refractivity contribution in [2.75, 3.05) is 13.2 Å². The van der Waals surface area contributed by atoms with Gasteiger partial charge in [-0.05, 0) is 32.7 Å². The summed E-state index contributed by atoms with van der Waals surface area (Å²) in [6.45, 7) is 5.10. The van der Waals surface area contributed by atoms with Gasteiger partial charge in [0.1, 0.15) is 6.04 Å². The third-order valence-electron chi connectivity index (χ3n) is 3.05. The molecule has 1 fully saturated rings. The zero-order chi connectivity index (χ0) is 13.0. The van der Waals surface area contributed by atoms with Gasteiger partial charge in [-0.2, -0.15) is 0 Å². The molecule has 0 bridgehead atoms. The highest BCUT2D eigenvalue weighted by molar-refractivity contribution is 5.77. The van der Waals surface area contributed by atoms with Crippen molar-refractivity contribution in [3.8, 4) is 0 Å². The average molecular weight is 251 g/mol. The largest absolute Gasteiger partial charge is 0.465 e. The highest BCUT2D eigenvalue weighted by Gasteiger charge is 2.31. The highest BCUT2D eigenvalue weighted by Crippen LogP contribution is 2.37. The molecule has 1 atom stereocenters. The second-order valence-corrected chi connectivity index (χ2v) is 4.60. The van der Waals surface area contributed by atoms with Crippen LogP contribution >= 0.6 is 0 Å². The van der Waals surface area contributed by atoms with Crippen LogP contribution < -0.4 is 5.32 Å². The summed E-state index contributed by atoms with van der Waals surface area (Å²) in [5.74, 6) is -0.214. The second-order valence-electron chi connectivity index (χ2n) is 4.60. The van der Waals surface area contributed by atoms with Crippen molar-refractivity contribution in [3.05, 3.63) is 18.2 Å². The number of carbonyl (C=O) groups excluding carboxylic acids is 1. The van der Waals surface area contributed by atoms with Crippen molar-refractivity contribution in [3.63, 3.8) is 0 Å². The van der Waals surface area contributed by atoms with Gasteiger partial charge >= 0.3 is 5.97 Å². The Balaban J connectivity index is 2.15. The lowest BCUT2D eigenvalue weighted by Crippen LogP contribution is -2.32. The van der Waals surface area contributed by atoms with E-state index in [1.54, 1.807) is 6.20 Å². The summed E-state index contributed by atoms with van der Waals surface area (Å²) in [7, 11) is 0. The van der Waals surface area contributed by atoms with Gasteiger partial charge in [0.2, 0.25) is 0 Å². The fourth-order valence-corrected chi connectivity index (χ4v) is 2.02. The molecular weight excluding hydrogens is 230 g/mol. The molecule has 0 spiro atoms. The van der Waals surface area contributed by atoms with Crippen LogP contribution in [0.2, 0.25) is 0 Å². The van der Waals surface area contributed by atoms with Gasteiger partial charge in [-0.25, -0.2) is 9.78 Å². The van der Waals surface area contributed by atoms with Crippen LogP contribution in [0.1, 0.15) is 50.9 Å². The lowest BCUT2D eigenvalue weighted by Gasteiger charge is -2.18. The van der Waals surface area contributed by atoms with Crippen molar-refractivity contribution in [2.45, 2.75) is 45.2 Å². The van der Waals surface area contributed by atoms with E-state index in [0.29, 0.717) is 12.6 Å². The van der Waals surface area contributed by atoms with Crippen LogP contribution in [0.5, 0.6) is 0 Å². The summed E-state index contributed by atoms with van der Waals surface area (Å²) >= 11 is 0. The SMILES string of the molecule is CCCNC(C(=O)OCC)c1cncn1C1CC1. The van der Waals surface area contributed by atoms with Crippen LogP contribution in [-0.4, -0.2) is 28.7 Å². The maximum atomic E-state index is 12.0. The molecule has 1 saturated carbocycles. The molecule has 2 rings (SSSR count). The van der Waals surface area contributed by atoms with E-state index in [9.17, 15) is 4.79 Å². The standard InChI is InChI=1S/C13H21N3O2/c1-3-7-15-12(13(17)18-4-2)11-8-14-9-16(11)10-5-6-10/h8-10,12,15H,3-7H2,1-2H3. The van der Waals surface area contributed by atoms with Gasteiger partial charge in [-0.15, -0.1) is 0 Å². The summed E-state index contributed by atoms with van der Waals surface area (Å²) < 4.78 is 7.24. The van der Waals surface area contributed by atoms with E-state index in [0.717, 1.165) is 18.7 Å². The number of nitrogens with one attached hydrogen (secondary N) is 1. The summed E-state index contributed by atoms with van der Waals surface area (Å²) in [6.07, 6.45) is 6.91. The lowest BCUT2D eigenvalue weighted by atomic mass is 10.2. The lowest BCUT2D eigenvalue weighted by molar-refractivity contribution is -0.146. The number of ether oxygens (including phenoxy) is 1. The Morgan fingerprint density at radius 2 is 2.39 bits per heavy atom. The minimum atomic E-state index is -0.395. The van der Waals surface area contributed by atoms with Crippen LogP contribution in [0.25, 0.3) is 0 Å². The number of imidazole rings is 1. The molecule has 0 radical (unpaired) electrons. The number of hydrogen-bond donors (Lipinski definition) is 1. The molecule has 1 aliphatic rings. The molecule has 0 saturated heterocycles. The molecule has 1 heterocycles. The summed E-state index contributed by atoms with van der Waals surface area (Å²) in [5.41, 5.74) is 0.921. The molecule has 5 nitrogen and oxygen atoms in total. The number of rotatable bonds is 7. The molecule has 1 aromatic rings. The first-order chi connectivity index (χ1) is 8.77. The first-order valence-corrected chi connectivity index (χ1v) is 6.69. The van der Waals surface area contributed by atoms with E-state index in [1.165, 1.54) is 12.8 Å². The van der Waals surface area contributed by atoms with Crippen LogP contribution in [0.3, 0.4) is 0 Å². The molecule has 18 heavy (non-hydrogen) atoms. The van der Waals surface area contributed by atoms with E-state index in [4.69, 9.17) is 4.74 Å². The molecular formula is C13H21N3O2. The Kier molecular flexibility index (Phi) is 4.36. The van der Waals surface area contributed by atoms with E-state index in [-0.39, 0.29) is 5.97 Å². The molecule has 1 unspecified atom stereocenters. The fourth-order valence-electron chi connectivity index (χ4n) is 2.02. The third kappa shape index (κ3) is 2.90. The quantitative estimate of drug-likeness (QED) is 0.751. The van der Waals surface area contributed by atoms with E-state index in [2.05, 4.69) is 21.8 Å². The van der Waals surface area contributed by atoms with Gasteiger partial charge in [0.15, 0.2) is 0 Å². The first kappa shape index (κ1) is 13.1. The summed E-state index contributed by atoms with van der Waals surface area (Å²) in [6, 6.07) is 0.121. The Morgan fingerprint density at radius 1 is 1.61 bits per heavy atom. The molecule has 1 N–H and O–H groups in total. The zero-order valence-electron chi connectivity index (χ0n) is 11.1. The first-order valence-electron chi connectivity index (χ1n) is 6.69. The normalized spacial score (nSPS) is 16.6. The number of aromatic nitrogens is 2. The minimum Gasteiger partial charge on any atom is -0.465 e. The van der Waals surface area contributed by atoms with Crippen molar-refractivity contribution < 1.29 is 9.53 Å². The highest BCUT2D eigenvalue weighted by atomic mass is 16.5. The Hall–Kier alpha value is -1.36. The van der Waals surface area contributed by atoms with Crippen molar-refractivity contribution >= 4 is 5.97 Å². The number of hydrogen-bond acceptors (Lipinski definition) is 4. The Morgan fingerprint density at radius 3 is 3.00 bits per heavy atom. The predicted octanol–water partition coefficient (Wildman–Crippen LogP) is 1.82. The molecule has 5 heteroatoms. The number of carbonyl (C=O) groups is 1. The third-order valence-corrected chi connectivity index (χ3v) is 3.05. The van der Waals surface area contributed by atoms with Gasteiger partial charge in [-0.1, -0.05) is 6.92 Å². The van der Waals surface area contributed by atoms with Gasteiger partial charge in [0, 0.05) is 6.04 Å². The fraction of sp³-hybridized carbons (Fsp3) is 0.692. The van der Waals surface area contributed by atoms with Gasteiger partial charge in [0.25, 0.3) is 0 Å². The van der Waals surface area contributed by atoms with Gasteiger partial charge < -0.3 is 9.30 Å². The van der Waals surface area contributed by atoms with Crippen LogP contribution in [0.4, 0.5) is 0 Å². The predicted molar refractivity (Wildman–Crippen MR) is 68.2 cm³/mol. The van der Waals surface area contributed by atoms with Gasteiger partial charge in [-0.3, -0.25) is 5.32 Å². The zero-order valence-corrected chi connectivity index (χ0v) is 11.1. The van der Waals surface area contributed by atoms with Crippen molar-refractivity contribution in [1.82, 2.24) is 14.9 Å². The number of nitrogens with zero attached hydrogens (tertiary/aromatic N) is 2.